The second-order valence-electron chi connectivity index (χ2n) is 6.71. The lowest BCUT2D eigenvalue weighted by molar-refractivity contribution is 0.354. The first-order chi connectivity index (χ1) is 11.3. The third-order valence-electron chi connectivity index (χ3n) is 4.85. The minimum absolute atomic E-state index is 0.698. The number of hydrogen-bond donors (Lipinski definition) is 0. The number of rotatable bonds is 6. The average molecular weight is 308 g/mol. The summed E-state index contributed by atoms with van der Waals surface area (Å²) in [5.74, 6) is 0. The number of nitrogens with zero attached hydrogens (tertiary/aromatic N) is 2. The van der Waals surface area contributed by atoms with Gasteiger partial charge in [-0.1, -0.05) is 44.7 Å². The molecule has 23 heavy (non-hydrogen) atoms. The van der Waals surface area contributed by atoms with E-state index in [1.165, 1.54) is 62.5 Å². The first-order valence-corrected chi connectivity index (χ1v) is 9.15. The van der Waals surface area contributed by atoms with Gasteiger partial charge in [0.25, 0.3) is 0 Å². The van der Waals surface area contributed by atoms with Crippen LogP contribution < -0.4 is 0 Å². The largest absolute Gasteiger partial charge is 0.351 e. The molecule has 2 nitrogen and oxygen atoms in total. The molecule has 0 radical (unpaired) electrons. The third-order valence-corrected chi connectivity index (χ3v) is 4.85. The van der Waals surface area contributed by atoms with E-state index in [2.05, 4.69) is 59.2 Å². The van der Waals surface area contributed by atoms with Crippen molar-refractivity contribution in [1.82, 2.24) is 4.57 Å². The molecule has 122 valence electrons. The number of benzene rings is 1. The molecular formula is C21H28N2. The zero-order chi connectivity index (χ0) is 15.9. The van der Waals surface area contributed by atoms with Crippen LogP contribution in [-0.4, -0.2) is 10.8 Å². The maximum Gasteiger partial charge on any atom is 0.0630 e. The van der Waals surface area contributed by atoms with Gasteiger partial charge in [-0.05, 0) is 49.4 Å². The lowest BCUT2D eigenvalue weighted by Crippen LogP contribution is -2.10. The first-order valence-electron chi connectivity index (χ1n) is 9.15. The number of aliphatic imine (C=N–C) groups is 1. The van der Waals surface area contributed by atoms with Crippen LogP contribution >= 0.6 is 0 Å². The molecule has 0 spiro atoms. The molecule has 0 N–H and O–H groups in total. The van der Waals surface area contributed by atoms with Gasteiger partial charge in [-0.3, -0.25) is 4.99 Å². The molecule has 0 unspecified atom stereocenters. The Hall–Kier alpha value is -1.83. The summed E-state index contributed by atoms with van der Waals surface area (Å²) < 4.78 is 2.38. The number of aromatic nitrogens is 1. The molecule has 0 saturated heterocycles. The van der Waals surface area contributed by atoms with Gasteiger partial charge in [-0.25, -0.2) is 0 Å². The molecule has 1 aromatic carbocycles. The SMILES string of the molecule is CCCCc1ccc(N=Cc2ccn(C3CCCCC3)c2)cc1. The third kappa shape index (κ3) is 4.57. The van der Waals surface area contributed by atoms with E-state index in [0.717, 1.165) is 5.69 Å². The molecule has 1 aromatic heterocycles. The molecule has 0 bridgehead atoms. The minimum atomic E-state index is 0.698. The van der Waals surface area contributed by atoms with E-state index in [9.17, 15) is 0 Å². The van der Waals surface area contributed by atoms with Crippen LogP contribution in [0.15, 0.2) is 47.7 Å². The Balaban J connectivity index is 1.60. The van der Waals surface area contributed by atoms with Crippen molar-refractivity contribution in [3.63, 3.8) is 0 Å². The van der Waals surface area contributed by atoms with Gasteiger partial charge in [0, 0.05) is 30.2 Å². The van der Waals surface area contributed by atoms with Gasteiger partial charge in [-0.15, -0.1) is 0 Å². The van der Waals surface area contributed by atoms with Crippen molar-refractivity contribution < 1.29 is 0 Å². The molecule has 1 aliphatic rings. The van der Waals surface area contributed by atoms with Crippen LogP contribution in [0.1, 0.15) is 69.0 Å². The topological polar surface area (TPSA) is 17.3 Å². The highest BCUT2D eigenvalue weighted by Gasteiger charge is 2.14. The summed E-state index contributed by atoms with van der Waals surface area (Å²) in [7, 11) is 0. The standard InChI is InChI=1S/C21H28N2/c1-2-3-7-18-10-12-20(13-11-18)22-16-19-14-15-23(17-19)21-8-5-4-6-9-21/h10-17,21H,2-9H2,1H3. The van der Waals surface area contributed by atoms with Gasteiger partial charge >= 0.3 is 0 Å². The lowest BCUT2D eigenvalue weighted by atomic mass is 9.95. The fraction of sp³-hybridized carbons (Fsp3) is 0.476. The lowest BCUT2D eigenvalue weighted by Gasteiger charge is -2.23. The van der Waals surface area contributed by atoms with Gasteiger partial charge in [0.2, 0.25) is 0 Å². The zero-order valence-electron chi connectivity index (χ0n) is 14.2. The Labute approximate surface area is 140 Å². The second kappa shape index (κ2) is 8.14. The zero-order valence-corrected chi connectivity index (χ0v) is 14.2. The van der Waals surface area contributed by atoms with Crippen LogP contribution in [0.2, 0.25) is 0 Å². The van der Waals surface area contributed by atoms with Crippen LogP contribution in [0.4, 0.5) is 5.69 Å². The highest BCUT2D eigenvalue weighted by molar-refractivity contribution is 5.81. The van der Waals surface area contributed by atoms with Crippen molar-refractivity contribution >= 4 is 11.9 Å². The molecule has 3 rings (SSSR count). The Morgan fingerprint density at radius 3 is 2.61 bits per heavy atom. The molecule has 2 aromatic rings. The van der Waals surface area contributed by atoms with Crippen LogP contribution in [0.3, 0.4) is 0 Å². The van der Waals surface area contributed by atoms with E-state index >= 15 is 0 Å². The van der Waals surface area contributed by atoms with Crippen molar-refractivity contribution in [1.29, 1.82) is 0 Å². The number of unbranched alkanes of at least 4 members (excludes halogenated alkanes) is 1. The summed E-state index contributed by atoms with van der Waals surface area (Å²) in [5, 5.41) is 0. The normalized spacial score (nSPS) is 16.2. The highest BCUT2D eigenvalue weighted by Crippen LogP contribution is 2.28. The van der Waals surface area contributed by atoms with Crippen molar-refractivity contribution in [2.45, 2.75) is 64.3 Å². The number of hydrogen-bond acceptors (Lipinski definition) is 1. The van der Waals surface area contributed by atoms with Gasteiger partial charge in [0.15, 0.2) is 0 Å². The van der Waals surface area contributed by atoms with Gasteiger partial charge in [0.1, 0.15) is 0 Å². The Bertz CT molecular complexity index is 616. The van der Waals surface area contributed by atoms with Crippen molar-refractivity contribution in [3.05, 3.63) is 53.9 Å². The predicted octanol–water partition coefficient (Wildman–Crippen LogP) is 6.09. The van der Waals surface area contributed by atoms with E-state index < -0.39 is 0 Å². The average Bonchev–Trinajstić information content (AvgIpc) is 3.09. The van der Waals surface area contributed by atoms with Crippen molar-refractivity contribution in [2.75, 3.05) is 0 Å². The van der Waals surface area contributed by atoms with Gasteiger partial charge in [-0.2, -0.15) is 0 Å². The van der Waals surface area contributed by atoms with E-state index in [1.807, 2.05) is 6.21 Å². The fourth-order valence-corrected chi connectivity index (χ4v) is 3.39. The van der Waals surface area contributed by atoms with Crippen molar-refractivity contribution in [3.8, 4) is 0 Å². The molecule has 1 fully saturated rings. The first kappa shape index (κ1) is 16.0. The van der Waals surface area contributed by atoms with Crippen LogP contribution in [-0.2, 0) is 6.42 Å². The van der Waals surface area contributed by atoms with Gasteiger partial charge in [0.05, 0.1) is 5.69 Å². The maximum atomic E-state index is 4.62. The minimum Gasteiger partial charge on any atom is -0.351 e. The Morgan fingerprint density at radius 1 is 1.09 bits per heavy atom. The maximum absolute atomic E-state index is 4.62. The summed E-state index contributed by atoms with van der Waals surface area (Å²) in [6.07, 6.45) is 16.9. The van der Waals surface area contributed by atoms with E-state index in [4.69, 9.17) is 0 Å². The highest BCUT2D eigenvalue weighted by atomic mass is 15.0. The van der Waals surface area contributed by atoms with Crippen molar-refractivity contribution in [2.24, 2.45) is 4.99 Å². The smallest absolute Gasteiger partial charge is 0.0630 e. The Morgan fingerprint density at radius 2 is 1.87 bits per heavy atom. The molecular weight excluding hydrogens is 280 g/mol. The van der Waals surface area contributed by atoms with Crippen LogP contribution in [0.5, 0.6) is 0 Å². The summed E-state index contributed by atoms with van der Waals surface area (Å²) in [6, 6.07) is 11.5. The quantitative estimate of drug-likeness (QED) is 0.575. The second-order valence-corrected chi connectivity index (χ2v) is 6.71. The summed E-state index contributed by atoms with van der Waals surface area (Å²) in [6.45, 7) is 2.23. The van der Waals surface area contributed by atoms with E-state index in [1.54, 1.807) is 0 Å². The monoisotopic (exact) mass is 308 g/mol. The van der Waals surface area contributed by atoms with E-state index in [0.29, 0.717) is 6.04 Å². The van der Waals surface area contributed by atoms with Gasteiger partial charge < -0.3 is 4.57 Å². The van der Waals surface area contributed by atoms with E-state index in [-0.39, 0.29) is 0 Å². The summed E-state index contributed by atoms with van der Waals surface area (Å²) in [4.78, 5) is 4.62. The molecule has 0 atom stereocenters. The molecule has 2 heteroatoms. The summed E-state index contributed by atoms with van der Waals surface area (Å²) in [5.41, 5.74) is 3.65. The van der Waals surface area contributed by atoms with Crippen LogP contribution in [0, 0.1) is 0 Å². The van der Waals surface area contributed by atoms with Crippen LogP contribution in [0.25, 0.3) is 0 Å². The molecule has 1 heterocycles. The predicted molar refractivity (Wildman–Crippen MR) is 98.9 cm³/mol. The molecule has 0 aliphatic heterocycles. The summed E-state index contributed by atoms with van der Waals surface area (Å²) >= 11 is 0. The number of aryl methyl sites for hydroxylation is 1. The molecule has 1 aliphatic carbocycles. The fourth-order valence-electron chi connectivity index (χ4n) is 3.39. The Kier molecular flexibility index (Phi) is 5.68. The molecule has 1 saturated carbocycles. The molecule has 0 amide bonds.